The molecule has 0 bridgehead atoms. The number of hydrogen-bond donors (Lipinski definition) is 3. The molecule has 0 spiro atoms. The van der Waals surface area contributed by atoms with Crippen LogP contribution in [-0.4, -0.2) is 17.6 Å². The second-order valence-electron chi connectivity index (χ2n) is 2.79. The fourth-order valence-corrected chi connectivity index (χ4v) is 1.07. The first-order chi connectivity index (χ1) is 6.11. The number of nitrogens with two attached hydrogens (primary N) is 2. The van der Waals surface area contributed by atoms with E-state index in [4.69, 9.17) is 11.5 Å². The summed E-state index contributed by atoms with van der Waals surface area (Å²) in [5.74, 6) is -0.832. The minimum Gasteiger partial charge on any atom is -0.374 e. The van der Waals surface area contributed by atoms with E-state index in [1.54, 1.807) is 30.3 Å². The maximum atomic E-state index is 10.9. The largest absolute Gasteiger partial charge is 0.374 e. The SMILES string of the molecule is NCC(O)(C(N)=O)c1ccccc1. The highest BCUT2D eigenvalue weighted by molar-refractivity contribution is 5.84. The molecule has 0 fully saturated rings. The summed E-state index contributed by atoms with van der Waals surface area (Å²) in [7, 11) is 0. The van der Waals surface area contributed by atoms with E-state index in [1.807, 2.05) is 0 Å². The van der Waals surface area contributed by atoms with Gasteiger partial charge in [-0.2, -0.15) is 0 Å². The minimum absolute atomic E-state index is 0.216. The molecule has 4 heteroatoms. The first-order valence-electron chi connectivity index (χ1n) is 3.89. The van der Waals surface area contributed by atoms with Crippen LogP contribution in [0.2, 0.25) is 0 Å². The van der Waals surface area contributed by atoms with Crippen molar-refractivity contribution in [3.63, 3.8) is 0 Å². The van der Waals surface area contributed by atoms with Crippen molar-refractivity contribution in [1.82, 2.24) is 0 Å². The third-order valence-corrected chi connectivity index (χ3v) is 1.95. The van der Waals surface area contributed by atoms with E-state index in [1.165, 1.54) is 0 Å². The standard InChI is InChI=1S/C9H12N2O2/c10-6-9(13,8(11)12)7-4-2-1-3-5-7/h1-5,13H,6,10H2,(H2,11,12). The lowest BCUT2D eigenvalue weighted by Gasteiger charge is -2.22. The van der Waals surface area contributed by atoms with Gasteiger partial charge < -0.3 is 16.6 Å². The molecular weight excluding hydrogens is 168 g/mol. The van der Waals surface area contributed by atoms with Crippen LogP contribution in [0, 0.1) is 0 Å². The van der Waals surface area contributed by atoms with Crippen LogP contribution in [0.25, 0.3) is 0 Å². The molecule has 0 aliphatic carbocycles. The van der Waals surface area contributed by atoms with Crippen LogP contribution in [-0.2, 0) is 10.4 Å². The van der Waals surface area contributed by atoms with Crippen molar-refractivity contribution in [2.24, 2.45) is 11.5 Å². The van der Waals surface area contributed by atoms with Gasteiger partial charge in [0.1, 0.15) is 0 Å². The summed E-state index contributed by atoms with van der Waals surface area (Å²) < 4.78 is 0. The molecule has 1 aromatic rings. The molecule has 0 aliphatic rings. The highest BCUT2D eigenvalue weighted by Gasteiger charge is 2.33. The van der Waals surface area contributed by atoms with E-state index in [0.717, 1.165) is 0 Å². The van der Waals surface area contributed by atoms with Crippen molar-refractivity contribution < 1.29 is 9.90 Å². The quantitative estimate of drug-likeness (QED) is 0.575. The van der Waals surface area contributed by atoms with E-state index in [0.29, 0.717) is 5.56 Å². The van der Waals surface area contributed by atoms with Crippen molar-refractivity contribution in [2.75, 3.05) is 6.54 Å². The molecule has 1 unspecified atom stereocenters. The third-order valence-electron chi connectivity index (χ3n) is 1.95. The molecule has 0 heterocycles. The Balaban J connectivity index is 3.11. The predicted molar refractivity (Wildman–Crippen MR) is 48.6 cm³/mol. The highest BCUT2D eigenvalue weighted by atomic mass is 16.3. The van der Waals surface area contributed by atoms with E-state index in [2.05, 4.69) is 0 Å². The van der Waals surface area contributed by atoms with Crippen molar-refractivity contribution >= 4 is 5.91 Å². The molecule has 0 aromatic heterocycles. The molecule has 0 aliphatic heterocycles. The monoisotopic (exact) mass is 180 g/mol. The van der Waals surface area contributed by atoms with Gasteiger partial charge in [0, 0.05) is 6.54 Å². The van der Waals surface area contributed by atoms with Gasteiger partial charge in [-0.05, 0) is 5.56 Å². The number of primary amides is 1. The van der Waals surface area contributed by atoms with Crippen molar-refractivity contribution in [3.8, 4) is 0 Å². The normalized spacial score (nSPS) is 14.9. The predicted octanol–water partition coefficient (Wildman–Crippen LogP) is -0.682. The van der Waals surface area contributed by atoms with Gasteiger partial charge in [-0.3, -0.25) is 4.79 Å². The Labute approximate surface area is 76.2 Å². The Morgan fingerprint density at radius 3 is 2.31 bits per heavy atom. The first kappa shape index (κ1) is 9.70. The van der Waals surface area contributed by atoms with Gasteiger partial charge in [0.25, 0.3) is 5.91 Å². The van der Waals surface area contributed by atoms with Gasteiger partial charge in [-0.1, -0.05) is 30.3 Å². The maximum absolute atomic E-state index is 10.9. The Morgan fingerprint density at radius 1 is 1.38 bits per heavy atom. The minimum atomic E-state index is -1.75. The Hall–Kier alpha value is -1.39. The number of benzene rings is 1. The lowest BCUT2D eigenvalue weighted by Crippen LogP contribution is -2.47. The molecule has 0 radical (unpaired) electrons. The van der Waals surface area contributed by atoms with E-state index < -0.39 is 11.5 Å². The number of hydrogen-bond acceptors (Lipinski definition) is 3. The summed E-state index contributed by atoms with van der Waals surface area (Å²) in [6, 6.07) is 8.41. The van der Waals surface area contributed by atoms with Crippen LogP contribution in [0.4, 0.5) is 0 Å². The zero-order valence-electron chi connectivity index (χ0n) is 7.10. The molecule has 70 valence electrons. The van der Waals surface area contributed by atoms with E-state index in [9.17, 15) is 9.90 Å². The second kappa shape index (κ2) is 3.55. The smallest absolute Gasteiger partial charge is 0.255 e. The zero-order chi connectivity index (χ0) is 9.90. The molecule has 4 nitrogen and oxygen atoms in total. The second-order valence-corrected chi connectivity index (χ2v) is 2.79. The Morgan fingerprint density at radius 2 is 1.92 bits per heavy atom. The van der Waals surface area contributed by atoms with Gasteiger partial charge >= 0.3 is 0 Å². The summed E-state index contributed by atoms with van der Waals surface area (Å²) in [5, 5.41) is 9.77. The number of amides is 1. The lowest BCUT2D eigenvalue weighted by molar-refractivity contribution is -0.136. The van der Waals surface area contributed by atoms with Gasteiger partial charge in [-0.25, -0.2) is 0 Å². The zero-order valence-corrected chi connectivity index (χ0v) is 7.10. The van der Waals surface area contributed by atoms with Crippen molar-refractivity contribution in [1.29, 1.82) is 0 Å². The van der Waals surface area contributed by atoms with E-state index >= 15 is 0 Å². The average Bonchev–Trinajstić information content (AvgIpc) is 2.17. The molecule has 13 heavy (non-hydrogen) atoms. The third kappa shape index (κ3) is 1.68. The molecule has 1 amide bonds. The molecule has 1 aromatic carbocycles. The first-order valence-corrected chi connectivity index (χ1v) is 3.89. The van der Waals surface area contributed by atoms with Crippen molar-refractivity contribution in [2.45, 2.75) is 5.60 Å². The molecule has 0 saturated carbocycles. The molecule has 0 saturated heterocycles. The highest BCUT2D eigenvalue weighted by Crippen LogP contribution is 2.18. The average molecular weight is 180 g/mol. The number of carbonyl (C=O) groups excluding carboxylic acids is 1. The summed E-state index contributed by atoms with van der Waals surface area (Å²) in [5.41, 5.74) is 9.01. The summed E-state index contributed by atoms with van der Waals surface area (Å²) in [6.45, 7) is -0.216. The molecular formula is C9H12N2O2. The van der Waals surface area contributed by atoms with Crippen LogP contribution >= 0.6 is 0 Å². The Kier molecular flexibility index (Phi) is 2.65. The topological polar surface area (TPSA) is 89.3 Å². The van der Waals surface area contributed by atoms with Gasteiger partial charge in [0.05, 0.1) is 0 Å². The molecule has 5 N–H and O–H groups in total. The number of carbonyl (C=O) groups is 1. The summed E-state index contributed by atoms with van der Waals surface area (Å²) in [4.78, 5) is 10.9. The number of aliphatic hydroxyl groups is 1. The number of rotatable bonds is 3. The maximum Gasteiger partial charge on any atom is 0.255 e. The summed E-state index contributed by atoms with van der Waals surface area (Å²) in [6.07, 6.45) is 0. The van der Waals surface area contributed by atoms with Crippen LogP contribution in [0.15, 0.2) is 30.3 Å². The van der Waals surface area contributed by atoms with Crippen LogP contribution in [0.1, 0.15) is 5.56 Å². The van der Waals surface area contributed by atoms with Gasteiger partial charge in [-0.15, -0.1) is 0 Å². The van der Waals surface area contributed by atoms with Crippen LogP contribution < -0.4 is 11.5 Å². The summed E-state index contributed by atoms with van der Waals surface area (Å²) >= 11 is 0. The van der Waals surface area contributed by atoms with Crippen LogP contribution in [0.5, 0.6) is 0 Å². The van der Waals surface area contributed by atoms with Crippen molar-refractivity contribution in [3.05, 3.63) is 35.9 Å². The fourth-order valence-electron chi connectivity index (χ4n) is 1.07. The lowest BCUT2D eigenvalue weighted by atomic mass is 9.93. The molecule has 1 rings (SSSR count). The fraction of sp³-hybridized carbons (Fsp3) is 0.222. The van der Waals surface area contributed by atoms with Gasteiger partial charge in [0.2, 0.25) is 0 Å². The van der Waals surface area contributed by atoms with Crippen LogP contribution in [0.3, 0.4) is 0 Å². The molecule has 1 atom stereocenters. The van der Waals surface area contributed by atoms with Gasteiger partial charge in [0.15, 0.2) is 5.60 Å². The Bertz CT molecular complexity index is 300. The van der Waals surface area contributed by atoms with E-state index in [-0.39, 0.29) is 6.54 Å².